The van der Waals surface area contributed by atoms with E-state index in [0.717, 1.165) is 6.42 Å². The fourth-order valence-electron chi connectivity index (χ4n) is 1.47. The Bertz CT molecular complexity index is 168. The molecule has 92 valence electrons. The lowest BCUT2D eigenvalue weighted by Crippen LogP contribution is -2.39. The minimum absolute atomic E-state index is 0.00771. The molecule has 0 heterocycles. The molecular formula is C11H26O3Si. The van der Waals surface area contributed by atoms with Gasteiger partial charge in [-0.15, -0.1) is 0 Å². The first-order valence-electron chi connectivity index (χ1n) is 5.81. The monoisotopic (exact) mass is 234 g/mol. The Morgan fingerprint density at radius 1 is 1.13 bits per heavy atom. The zero-order valence-electron chi connectivity index (χ0n) is 10.9. The Labute approximate surface area is 94.9 Å². The number of aliphatic hydroxyl groups excluding tert-OH is 1. The molecule has 0 aromatic heterocycles. The molecule has 0 saturated carbocycles. The second kappa shape index (κ2) is 6.63. The van der Waals surface area contributed by atoms with Crippen molar-refractivity contribution >= 4 is 8.32 Å². The van der Waals surface area contributed by atoms with E-state index in [1.54, 1.807) is 0 Å². The SMILES string of the molecule is CCC(O)OC(CC)C(C)O[Si](C)(C)C. The van der Waals surface area contributed by atoms with Gasteiger partial charge in [-0.25, -0.2) is 0 Å². The summed E-state index contributed by atoms with van der Waals surface area (Å²) in [6.07, 6.45) is 0.871. The van der Waals surface area contributed by atoms with Crippen molar-refractivity contribution in [1.82, 2.24) is 0 Å². The summed E-state index contributed by atoms with van der Waals surface area (Å²) in [7, 11) is -1.52. The number of hydrogen-bond acceptors (Lipinski definition) is 3. The van der Waals surface area contributed by atoms with Gasteiger partial charge in [-0.05, 0) is 39.4 Å². The maximum Gasteiger partial charge on any atom is 0.184 e. The van der Waals surface area contributed by atoms with Gasteiger partial charge in [0.2, 0.25) is 0 Å². The summed E-state index contributed by atoms with van der Waals surface area (Å²) in [6, 6.07) is 0. The third-order valence-corrected chi connectivity index (χ3v) is 3.23. The number of aliphatic hydroxyl groups is 1. The van der Waals surface area contributed by atoms with Crippen LogP contribution in [0.25, 0.3) is 0 Å². The minimum Gasteiger partial charge on any atom is -0.412 e. The molecule has 0 saturated heterocycles. The van der Waals surface area contributed by atoms with Crippen LogP contribution in [0.2, 0.25) is 19.6 Å². The Hall–Kier alpha value is 0.0969. The van der Waals surface area contributed by atoms with E-state index in [-0.39, 0.29) is 12.2 Å². The summed E-state index contributed by atoms with van der Waals surface area (Å²) in [6.45, 7) is 12.5. The lowest BCUT2D eigenvalue weighted by Gasteiger charge is -2.30. The second-order valence-electron chi connectivity index (χ2n) is 4.88. The predicted molar refractivity (Wildman–Crippen MR) is 65.4 cm³/mol. The molecular weight excluding hydrogens is 208 g/mol. The van der Waals surface area contributed by atoms with Crippen LogP contribution >= 0.6 is 0 Å². The molecule has 4 heteroatoms. The van der Waals surface area contributed by atoms with Gasteiger partial charge in [0, 0.05) is 0 Å². The summed E-state index contributed by atoms with van der Waals surface area (Å²) < 4.78 is 11.4. The van der Waals surface area contributed by atoms with Crippen LogP contribution in [0.1, 0.15) is 33.6 Å². The van der Waals surface area contributed by atoms with Crippen LogP contribution in [0.5, 0.6) is 0 Å². The molecule has 0 amide bonds. The Balaban J connectivity index is 4.16. The molecule has 0 aliphatic carbocycles. The smallest absolute Gasteiger partial charge is 0.184 e. The molecule has 3 unspecified atom stereocenters. The maximum absolute atomic E-state index is 9.44. The zero-order chi connectivity index (χ0) is 12.1. The van der Waals surface area contributed by atoms with E-state index in [1.807, 2.05) is 13.8 Å². The van der Waals surface area contributed by atoms with E-state index in [4.69, 9.17) is 9.16 Å². The van der Waals surface area contributed by atoms with Crippen molar-refractivity contribution in [1.29, 1.82) is 0 Å². The highest BCUT2D eigenvalue weighted by molar-refractivity contribution is 6.69. The van der Waals surface area contributed by atoms with Crippen LogP contribution in [0.15, 0.2) is 0 Å². The number of ether oxygens (including phenoxy) is 1. The minimum atomic E-state index is -1.52. The average molecular weight is 234 g/mol. The highest BCUT2D eigenvalue weighted by atomic mass is 28.4. The molecule has 0 bridgehead atoms. The summed E-state index contributed by atoms with van der Waals surface area (Å²) >= 11 is 0. The highest BCUT2D eigenvalue weighted by Gasteiger charge is 2.25. The van der Waals surface area contributed by atoms with Gasteiger partial charge in [0.15, 0.2) is 14.6 Å². The Kier molecular flexibility index (Phi) is 6.67. The largest absolute Gasteiger partial charge is 0.412 e. The van der Waals surface area contributed by atoms with Gasteiger partial charge >= 0.3 is 0 Å². The van der Waals surface area contributed by atoms with Crippen molar-refractivity contribution in [3.63, 3.8) is 0 Å². The van der Waals surface area contributed by atoms with E-state index in [9.17, 15) is 5.11 Å². The van der Waals surface area contributed by atoms with E-state index >= 15 is 0 Å². The summed E-state index contributed by atoms with van der Waals surface area (Å²) in [5.74, 6) is 0. The fraction of sp³-hybridized carbons (Fsp3) is 1.00. The molecule has 3 atom stereocenters. The maximum atomic E-state index is 9.44. The van der Waals surface area contributed by atoms with Gasteiger partial charge in [0.05, 0.1) is 12.2 Å². The zero-order valence-corrected chi connectivity index (χ0v) is 11.9. The van der Waals surface area contributed by atoms with E-state index in [2.05, 4.69) is 26.6 Å². The van der Waals surface area contributed by atoms with Crippen molar-refractivity contribution in [2.75, 3.05) is 0 Å². The van der Waals surface area contributed by atoms with Gasteiger partial charge in [-0.2, -0.15) is 0 Å². The average Bonchev–Trinajstić information content (AvgIpc) is 2.10. The first kappa shape index (κ1) is 15.1. The predicted octanol–water partition coefficient (Wildman–Crippen LogP) is 2.75. The molecule has 3 nitrogen and oxygen atoms in total. The molecule has 0 aromatic rings. The van der Waals surface area contributed by atoms with Crippen molar-refractivity contribution in [2.24, 2.45) is 0 Å². The molecule has 1 N–H and O–H groups in total. The normalized spacial score (nSPS) is 18.6. The third kappa shape index (κ3) is 7.06. The topological polar surface area (TPSA) is 38.7 Å². The van der Waals surface area contributed by atoms with Gasteiger partial charge in [0.1, 0.15) is 0 Å². The molecule has 0 spiro atoms. The van der Waals surface area contributed by atoms with Crippen LogP contribution in [-0.4, -0.2) is 31.9 Å². The highest BCUT2D eigenvalue weighted by Crippen LogP contribution is 2.16. The first-order valence-corrected chi connectivity index (χ1v) is 9.22. The molecule has 0 radical (unpaired) electrons. The standard InChI is InChI=1S/C11H26O3Si/c1-7-10(13-11(12)8-2)9(3)14-15(4,5)6/h9-12H,7-8H2,1-6H3. The van der Waals surface area contributed by atoms with Gasteiger partial charge in [-0.3, -0.25) is 0 Å². The lowest BCUT2D eigenvalue weighted by molar-refractivity contribution is -0.160. The Morgan fingerprint density at radius 3 is 2.00 bits per heavy atom. The van der Waals surface area contributed by atoms with Crippen molar-refractivity contribution < 1.29 is 14.3 Å². The van der Waals surface area contributed by atoms with Gasteiger partial charge in [-0.1, -0.05) is 13.8 Å². The van der Waals surface area contributed by atoms with E-state index in [1.165, 1.54) is 0 Å². The molecule has 0 aliphatic heterocycles. The van der Waals surface area contributed by atoms with E-state index in [0.29, 0.717) is 6.42 Å². The van der Waals surface area contributed by atoms with Gasteiger partial charge < -0.3 is 14.3 Å². The molecule has 15 heavy (non-hydrogen) atoms. The van der Waals surface area contributed by atoms with Crippen LogP contribution in [0.3, 0.4) is 0 Å². The van der Waals surface area contributed by atoms with Gasteiger partial charge in [0.25, 0.3) is 0 Å². The second-order valence-corrected chi connectivity index (χ2v) is 9.34. The van der Waals surface area contributed by atoms with Crippen LogP contribution < -0.4 is 0 Å². The molecule has 0 rings (SSSR count). The first-order chi connectivity index (χ1) is 6.80. The van der Waals surface area contributed by atoms with Crippen molar-refractivity contribution in [2.45, 2.75) is 71.8 Å². The van der Waals surface area contributed by atoms with Crippen LogP contribution in [-0.2, 0) is 9.16 Å². The summed E-state index contributed by atoms with van der Waals surface area (Å²) in [5.41, 5.74) is 0. The molecule has 0 aliphatic rings. The number of hydrogen-bond donors (Lipinski definition) is 1. The Morgan fingerprint density at radius 2 is 1.67 bits per heavy atom. The fourth-order valence-corrected chi connectivity index (χ4v) is 2.74. The molecule has 0 fully saturated rings. The quantitative estimate of drug-likeness (QED) is 0.544. The summed E-state index contributed by atoms with van der Waals surface area (Å²) in [4.78, 5) is 0. The third-order valence-electron chi connectivity index (χ3n) is 2.15. The van der Waals surface area contributed by atoms with Crippen LogP contribution in [0.4, 0.5) is 0 Å². The van der Waals surface area contributed by atoms with Crippen molar-refractivity contribution in [3.8, 4) is 0 Å². The lowest BCUT2D eigenvalue weighted by atomic mass is 10.2. The van der Waals surface area contributed by atoms with Crippen LogP contribution in [0, 0.1) is 0 Å². The number of rotatable bonds is 7. The summed E-state index contributed by atoms with van der Waals surface area (Å²) in [5, 5.41) is 9.44. The van der Waals surface area contributed by atoms with E-state index < -0.39 is 14.6 Å². The van der Waals surface area contributed by atoms with Crippen molar-refractivity contribution in [3.05, 3.63) is 0 Å². The molecule has 0 aromatic carbocycles.